The quantitative estimate of drug-likeness (QED) is 0.108. The van der Waals surface area contributed by atoms with Crippen molar-refractivity contribution in [3.8, 4) is 0 Å². The van der Waals surface area contributed by atoms with Crippen molar-refractivity contribution < 1.29 is 28.6 Å². The first-order valence-electron chi connectivity index (χ1n) is 14.9. The van der Waals surface area contributed by atoms with Crippen molar-refractivity contribution in [2.75, 3.05) is 0 Å². The Labute approximate surface area is 236 Å². The highest BCUT2D eigenvalue weighted by atomic mass is 16.6. The van der Waals surface area contributed by atoms with Crippen molar-refractivity contribution in [3.63, 3.8) is 0 Å². The van der Waals surface area contributed by atoms with Gasteiger partial charge < -0.3 is 19.5 Å². The number of unbranched alkanes of at least 4 members (excludes halogenated alkanes) is 8. The molecule has 1 amide bonds. The van der Waals surface area contributed by atoms with Crippen LogP contribution in [0.5, 0.6) is 0 Å². The predicted octanol–water partition coefficient (Wildman–Crippen LogP) is 7.89. The van der Waals surface area contributed by atoms with Gasteiger partial charge >= 0.3 is 18.0 Å². The average Bonchev–Trinajstić information content (AvgIpc) is 2.88. The van der Waals surface area contributed by atoms with E-state index in [0.29, 0.717) is 12.8 Å². The van der Waals surface area contributed by atoms with Crippen LogP contribution in [0.3, 0.4) is 0 Å². The fourth-order valence-electron chi connectivity index (χ4n) is 4.21. The number of hydrogen-bond acceptors (Lipinski definition) is 6. The molecule has 0 saturated carbocycles. The molecule has 0 heterocycles. The number of ether oxygens (including phenoxy) is 3. The van der Waals surface area contributed by atoms with Gasteiger partial charge in [-0.05, 0) is 45.1 Å². The maximum absolute atomic E-state index is 13.2. The average molecular weight is 548 g/mol. The van der Waals surface area contributed by atoms with E-state index in [1.807, 2.05) is 44.2 Å². The molecule has 3 atom stereocenters. The van der Waals surface area contributed by atoms with Crippen LogP contribution in [-0.4, -0.2) is 35.8 Å². The third kappa shape index (κ3) is 16.9. The van der Waals surface area contributed by atoms with E-state index < -0.39 is 35.8 Å². The molecule has 1 unspecified atom stereocenters. The van der Waals surface area contributed by atoms with Gasteiger partial charge in [0.15, 0.2) is 0 Å². The van der Waals surface area contributed by atoms with Gasteiger partial charge in [0, 0.05) is 0 Å². The predicted molar refractivity (Wildman–Crippen MR) is 155 cm³/mol. The minimum Gasteiger partial charge on any atom is -0.461 e. The number of benzene rings is 1. The highest BCUT2D eigenvalue weighted by molar-refractivity contribution is 5.82. The van der Waals surface area contributed by atoms with E-state index in [9.17, 15) is 14.4 Å². The second-order valence-electron chi connectivity index (χ2n) is 11.5. The first-order valence-corrected chi connectivity index (χ1v) is 14.9. The summed E-state index contributed by atoms with van der Waals surface area (Å²) in [5, 5.41) is 2.68. The molecular weight excluding hydrogens is 494 g/mol. The number of nitrogens with one attached hydrogen (secondary N) is 1. The van der Waals surface area contributed by atoms with E-state index in [4.69, 9.17) is 14.2 Å². The highest BCUT2D eigenvalue weighted by Gasteiger charge is 2.32. The van der Waals surface area contributed by atoms with Crippen LogP contribution in [0.1, 0.15) is 124 Å². The standard InChI is InChI=1S/C32H53NO6/c1-7-9-10-11-12-13-14-15-19-22-27(23-28(34)37-24-26-20-17-16-18-21-26)38-30(35)29(25(3)8-2)33-31(36)39-32(4,5)6/h16-18,20-21,25,27,29H,7-15,19,22-24H2,1-6H3,(H,33,36)/t25-,27?,29-/m0/s1. The SMILES string of the molecule is CCCCCCCCCCCC(CC(=O)OCc1ccccc1)OC(=O)[C@@H](NC(=O)OC(C)(C)C)[C@@H](C)CC. The molecule has 0 aliphatic rings. The number of carbonyl (C=O) groups is 3. The monoisotopic (exact) mass is 547 g/mol. The van der Waals surface area contributed by atoms with Gasteiger partial charge in [-0.2, -0.15) is 0 Å². The molecule has 1 aromatic carbocycles. The Balaban J connectivity index is 2.73. The number of alkyl carbamates (subject to hydrolysis) is 1. The van der Waals surface area contributed by atoms with Crippen molar-refractivity contribution in [2.45, 2.75) is 143 Å². The summed E-state index contributed by atoms with van der Waals surface area (Å²) < 4.78 is 16.7. The number of rotatable bonds is 19. The van der Waals surface area contributed by atoms with Crippen molar-refractivity contribution >= 4 is 18.0 Å². The molecule has 0 spiro atoms. The van der Waals surface area contributed by atoms with E-state index in [1.165, 1.54) is 38.5 Å². The summed E-state index contributed by atoms with van der Waals surface area (Å²) in [5.74, 6) is -1.12. The molecule has 0 aliphatic heterocycles. The van der Waals surface area contributed by atoms with Gasteiger partial charge in [-0.15, -0.1) is 0 Å². The third-order valence-electron chi connectivity index (χ3n) is 6.69. The molecule has 1 aromatic rings. The van der Waals surface area contributed by atoms with Gasteiger partial charge in [0.1, 0.15) is 24.4 Å². The Hall–Kier alpha value is -2.57. The Bertz CT molecular complexity index is 820. The number of esters is 2. The fourth-order valence-corrected chi connectivity index (χ4v) is 4.21. The summed E-state index contributed by atoms with van der Waals surface area (Å²) in [7, 11) is 0. The maximum Gasteiger partial charge on any atom is 0.408 e. The molecule has 39 heavy (non-hydrogen) atoms. The molecular formula is C32H53NO6. The molecule has 222 valence electrons. The van der Waals surface area contributed by atoms with Crippen molar-refractivity contribution in [2.24, 2.45) is 5.92 Å². The van der Waals surface area contributed by atoms with Crippen molar-refractivity contribution in [1.82, 2.24) is 5.32 Å². The largest absolute Gasteiger partial charge is 0.461 e. The minimum absolute atomic E-state index is 0.0186. The molecule has 0 bridgehead atoms. The Morgan fingerprint density at radius 1 is 0.872 bits per heavy atom. The zero-order valence-electron chi connectivity index (χ0n) is 25.3. The normalized spacial score (nSPS) is 13.7. The Morgan fingerprint density at radius 2 is 1.46 bits per heavy atom. The first kappa shape index (κ1) is 34.5. The Kier molecular flexibility index (Phi) is 17.2. The van der Waals surface area contributed by atoms with Gasteiger partial charge in [-0.1, -0.05) is 109 Å². The topological polar surface area (TPSA) is 90.9 Å². The lowest BCUT2D eigenvalue weighted by molar-refractivity contribution is -0.158. The number of hydrogen-bond donors (Lipinski definition) is 1. The van der Waals surface area contributed by atoms with Crippen LogP contribution in [0.15, 0.2) is 30.3 Å². The molecule has 1 N–H and O–H groups in total. The molecule has 0 aliphatic carbocycles. The zero-order chi connectivity index (χ0) is 29.1. The molecule has 0 saturated heterocycles. The van der Waals surface area contributed by atoms with Crippen LogP contribution in [-0.2, 0) is 30.4 Å². The lowest BCUT2D eigenvalue weighted by Crippen LogP contribution is -2.48. The second kappa shape index (κ2) is 19.5. The summed E-state index contributed by atoms with van der Waals surface area (Å²) in [6.07, 6.45) is 10.5. The van der Waals surface area contributed by atoms with E-state index in [0.717, 1.165) is 24.8 Å². The van der Waals surface area contributed by atoms with E-state index in [2.05, 4.69) is 12.2 Å². The second-order valence-corrected chi connectivity index (χ2v) is 11.5. The molecule has 0 fully saturated rings. The van der Waals surface area contributed by atoms with Gasteiger partial charge in [0.2, 0.25) is 0 Å². The maximum atomic E-state index is 13.2. The van der Waals surface area contributed by atoms with E-state index in [-0.39, 0.29) is 18.9 Å². The van der Waals surface area contributed by atoms with Gasteiger partial charge in [-0.25, -0.2) is 9.59 Å². The van der Waals surface area contributed by atoms with Crippen LogP contribution in [0.2, 0.25) is 0 Å². The van der Waals surface area contributed by atoms with Gasteiger partial charge in [-0.3, -0.25) is 4.79 Å². The van der Waals surface area contributed by atoms with Gasteiger partial charge in [0.25, 0.3) is 0 Å². The van der Waals surface area contributed by atoms with E-state index >= 15 is 0 Å². The van der Waals surface area contributed by atoms with Crippen LogP contribution < -0.4 is 5.32 Å². The zero-order valence-corrected chi connectivity index (χ0v) is 25.3. The lowest BCUT2D eigenvalue weighted by atomic mass is 9.99. The van der Waals surface area contributed by atoms with Crippen LogP contribution in [0, 0.1) is 5.92 Å². The van der Waals surface area contributed by atoms with Crippen molar-refractivity contribution in [3.05, 3.63) is 35.9 Å². The van der Waals surface area contributed by atoms with Crippen molar-refractivity contribution in [1.29, 1.82) is 0 Å². The smallest absolute Gasteiger partial charge is 0.408 e. The molecule has 0 aromatic heterocycles. The van der Waals surface area contributed by atoms with Crippen LogP contribution >= 0.6 is 0 Å². The summed E-state index contributed by atoms with van der Waals surface area (Å²) in [5.41, 5.74) is 0.214. The number of carbonyl (C=O) groups excluding carboxylic acids is 3. The highest BCUT2D eigenvalue weighted by Crippen LogP contribution is 2.18. The minimum atomic E-state index is -0.865. The third-order valence-corrected chi connectivity index (χ3v) is 6.69. The fraction of sp³-hybridized carbons (Fsp3) is 0.719. The number of amides is 1. The summed E-state index contributed by atoms with van der Waals surface area (Å²) in [6, 6.07) is 8.62. The van der Waals surface area contributed by atoms with E-state index in [1.54, 1.807) is 20.8 Å². The summed E-state index contributed by atoms with van der Waals surface area (Å²) in [6.45, 7) is 11.5. The summed E-state index contributed by atoms with van der Waals surface area (Å²) in [4.78, 5) is 38.3. The van der Waals surface area contributed by atoms with Crippen LogP contribution in [0.25, 0.3) is 0 Å². The molecule has 1 rings (SSSR count). The molecule has 0 radical (unpaired) electrons. The molecule has 7 heteroatoms. The van der Waals surface area contributed by atoms with Gasteiger partial charge in [0.05, 0.1) is 6.42 Å². The van der Waals surface area contributed by atoms with Crippen LogP contribution in [0.4, 0.5) is 4.79 Å². The lowest BCUT2D eigenvalue weighted by Gasteiger charge is -2.27. The first-order chi connectivity index (χ1) is 18.6. The summed E-state index contributed by atoms with van der Waals surface area (Å²) >= 11 is 0. The molecule has 7 nitrogen and oxygen atoms in total. The Morgan fingerprint density at radius 3 is 2.03 bits per heavy atom.